The van der Waals surface area contributed by atoms with Crippen LogP contribution in [0.3, 0.4) is 0 Å². The quantitative estimate of drug-likeness (QED) is 0.723. The van der Waals surface area contributed by atoms with E-state index >= 15 is 0 Å². The van der Waals surface area contributed by atoms with Gasteiger partial charge in [-0.1, -0.05) is 0 Å². The van der Waals surface area contributed by atoms with Gasteiger partial charge in [-0.25, -0.2) is 13.1 Å². The molecule has 1 aromatic rings. The van der Waals surface area contributed by atoms with Crippen LogP contribution >= 0.6 is 0 Å². The summed E-state index contributed by atoms with van der Waals surface area (Å²) in [6.45, 7) is 2.57. The Morgan fingerprint density at radius 2 is 2.14 bits per heavy atom. The summed E-state index contributed by atoms with van der Waals surface area (Å²) in [6.07, 6.45) is 5.15. The highest BCUT2D eigenvalue weighted by molar-refractivity contribution is 7.88. The Kier molecular flexibility index (Phi) is 5.98. The van der Waals surface area contributed by atoms with E-state index in [1.165, 1.54) is 0 Å². The highest BCUT2D eigenvalue weighted by Crippen LogP contribution is 2.24. The Labute approximate surface area is 131 Å². The van der Waals surface area contributed by atoms with Crippen LogP contribution in [0, 0.1) is 0 Å². The van der Waals surface area contributed by atoms with Crippen molar-refractivity contribution in [1.29, 1.82) is 0 Å². The largest absolute Gasteiger partial charge is 0.468 e. The number of nitrogens with one attached hydrogen (secondary N) is 2. The van der Waals surface area contributed by atoms with Gasteiger partial charge >= 0.3 is 0 Å². The molecule has 8 heteroatoms. The molecule has 0 aliphatic carbocycles. The molecule has 2 N–H and O–H groups in total. The maximum absolute atomic E-state index is 11.8. The van der Waals surface area contributed by atoms with Crippen LogP contribution < -0.4 is 10.0 Å². The Morgan fingerprint density at radius 3 is 2.73 bits per heavy atom. The van der Waals surface area contributed by atoms with Crippen molar-refractivity contribution in [3.05, 3.63) is 24.2 Å². The summed E-state index contributed by atoms with van der Waals surface area (Å²) in [6, 6.07) is 3.79. The van der Waals surface area contributed by atoms with Gasteiger partial charge in [0, 0.05) is 19.5 Å². The van der Waals surface area contributed by atoms with Gasteiger partial charge in [0.25, 0.3) is 0 Å². The van der Waals surface area contributed by atoms with E-state index in [9.17, 15) is 13.2 Å². The van der Waals surface area contributed by atoms with E-state index in [1.54, 1.807) is 6.26 Å². The second-order valence-corrected chi connectivity index (χ2v) is 7.33. The number of hydrogen-bond donors (Lipinski definition) is 2. The van der Waals surface area contributed by atoms with Crippen molar-refractivity contribution in [2.24, 2.45) is 0 Å². The Hall–Kier alpha value is -1.38. The number of carbonyl (C=O) groups excluding carboxylic acids is 1. The Bertz CT molecular complexity index is 565. The van der Waals surface area contributed by atoms with E-state index < -0.39 is 10.0 Å². The van der Waals surface area contributed by atoms with Crippen LogP contribution in [0.4, 0.5) is 0 Å². The topological polar surface area (TPSA) is 91.6 Å². The molecule has 0 bridgehead atoms. The maximum atomic E-state index is 11.8. The second-order valence-electron chi connectivity index (χ2n) is 5.49. The van der Waals surface area contributed by atoms with E-state index in [2.05, 4.69) is 14.9 Å². The summed E-state index contributed by atoms with van der Waals surface area (Å²) >= 11 is 0. The molecule has 1 saturated heterocycles. The molecule has 1 amide bonds. The molecule has 2 rings (SSSR count). The van der Waals surface area contributed by atoms with E-state index in [4.69, 9.17) is 4.42 Å². The zero-order valence-electron chi connectivity index (χ0n) is 12.7. The van der Waals surface area contributed by atoms with Gasteiger partial charge in [0.2, 0.25) is 15.9 Å². The first kappa shape index (κ1) is 17.0. The summed E-state index contributed by atoms with van der Waals surface area (Å²) in [4.78, 5) is 14.1. The van der Waals surface area contributed by atoms with Gasteiger partial charge in [-0.3, -0.25) is 9.69 Å². The molecule has 0 spiro atoms. The number of rotatable bonds is 8. The number of sulfonamides is 1. The molecular weight excluding hydrogens is 306 g/mol. The lowest BCUT2D eigenvalue weighted by atomic mass is 10.2. The minimum absolute atomic E-state index is 0.0318. The highest BCUT2D eigenvalue weighted by atomic mass is 32.2. The third kappa shape index (κ3) is 5.43. The minimum Gasteiger partial charge on any atom is -0.468 e. The van der Waals surface area contributed by atoms with E-state index in [-0.39, 0.29) is 24.9 Å². The molecule has 7 nitrogen and oxygen atoms in total. The van der Waals surface area contributed by atoms with Gasteiger partial charge in [-0.15, -0.1) is 0 Å². The lowest BCUT2D eigenvalue weighted by molar-refractivity contribution is -0.121. The standard InChI is InChI=1S/C14H23N3O4S/c1-22(19,20)16-7-6-14(18)15-11-12(13-5-4-10-21-13)17-8-2-3-9-17/h4-5,10,12,16H,2-3,6-9,11H2,1H3,(H,15,18)/t12-/m0/s1. The fourth-order valence-corrected chi connectivity index (χ4v) is 3.07. The van der Waals surface area contributed by atoms with Crippen molar-refractivity contribution in [2.45, 2.75) is 25.3 Å². The molecule has 1 aliphatic rings. The molecule has 0 aromatic carbocycles. The molecule has 1 aliphatic heterocycles. The Balaban J connectivity index is 1.82. The zero-order valence-corrected chi connectivity index (χ0v) is 13.6. The van der Waals surface area contributed by atoms with Crippen LogP contribution in [0.2, 0.25) is 0 Å². The number of carbonyl (C=O) groups is 1. The number of amides is 1. The SMILES string of the molecule is CS(=O)(=O)NCCC(=O)NC[C@@H](c1ccco1)N1CCCC1. The maximum Gasteiger partial charge on any atom is 0.221 e. The van der Waals surface area contributed by atoms with Crippen LogP contribution in [-0.4, -0.2) is 51.7 Å². The molecule has 1 atom stereocenters. The lowest BCUT2D eigenvalue weighted by Gasteiger charge is -2.26. The van der Waals surface area contributed by atoms with Crippen molar-refractivity contribution < 1.29 is 17.6 Å². The summed E-state index contributed by atoms with van der Waals surface area (Å²) < 4.78 is 29.7. The zero-order chi connectivity index (χ0) is 16.0. The molecule has 1 aromatic heterocycles. The molecular formula is C14H23N3O4S. The van der Waals surface area contributed by atoms with Gasteiger partial charge in [0.1, 0.15) is 5.76 Å². The first-order valence-electron chi connectivity index (χ1n) is 7.44. The van der Waals surface area contributed by atoms with Crippen molar-refractivity contribution in [3.63, 3.8) is 0 Å². The summed E-state index contributed by atoms with van der Waals surface area (Å²) in [5, 5.41) is 2.86. The highest BCUT2D eigenvalue weighted by Gasteiger charge is 2.25. The molecule has 0 radical (unpaired) electrons. The van der Waals surface area contributed by atoms with Gasteiger partial charge < -0.3 is 9.73 Å². The van der Waals surface area contributed by atoms with Crippen molar-refractivity contribution in [3.8, 4) is 0 Å². The monoisotopic (exact) mass is 329 g/mol. The molecule has 124 valence electrons. The first-order chi connectivity index (χ1) is 10.5. The molecule has 0 saturated carbocycles. The number of furan rings is 1. The van der Waals surface area contributed by atoms with Crippen LogP contribution in [0.5, 0.6) is 0 Å². The van der Waals surface area contributed by atoms with Gasteiger partial charge in [0.05, 0.1) is 18.6 Å². The van der Waals surface area contributed by atoms with Crippen LogP contribution in [0.1, 0.15) is 31.1 Å². The lowest BCUT2D eigenvalue weighted by Crippen LogP contribution is -2.37. The normalized spacial score (nSPS) is 17.5. The van der Waals surface area contributed by atoms with Crippen LogP contribution in [-0.2, 0) is 14.8 Å². The van der Waals surface area contributed by atoms with E-state index in [0.717, 1.165) is 37.9 Å². The van der Waals surface area contributed by atoms with Gasteiger partial charge in [0.15, 0.2) is 0 Å². The molecule has 0 unspecified atom stereocenters. The van der Waals surface area contributed by atoms with Crippen molar-refractivity contribution in [2.75, 3.05) is 32.4 Å². The summed E-state index contributed by atoms with van der Waals surface area (Å²) in [5.41, 5.74) is 0. The summed E-state index contributed by atoms with van der Waals surface area (Å²) in [5.74, 6) is 0.670. The molecule has 1 fully saturated rings. The van der Waals surface area contributed by atoms with Crippen molar-refractivity contribution in [1.82, 2.24) is 14.9 Å². The van der Waals surface area contributed by atoms with Gasteiger partial charge in [-0.05, 0) is 38.1 Å². The average Bonchev–Trinajstić information content (AvgIpc) is 3.10. The third-order valence-electron chi connectivity index (χ3n) is 3.66. The number of likely N-dealkylation sites (tertiary alicyclic amines) is 1. The van der Waals surface area contributed by atoms with Gasteiger partial charge in [-0.2, -0.15) is 0 Å². The second kappa shape index (κ2) is 7.75. The molecule has 2 heterocycles. The number of hydrogen-bond acceptors (Lipinski definition) is 5. The first-order valence-corrected chi connectivity index (χ1v) is 9.33. The minimum atomic E-state index is -3.25. The third-order valence-corrected chi connectivity index (χ3v) is 4.39. The predicted molar refractivity (Wildman–Crippen MR) is 82.7 cm³/mol. The van der Waals surface area contributed by atoms with Crippen LogP contribution in [0.15, 0.2) is 22.8 Å². The van der Waals surface area contributed by atoms with Crippen LogP contribution in [0.25, 0.3) is 0 Å². The Morgan fingerprint density at radius 1 is 1.41 bits per heavy atom. The van der Waals surface area contributed by atoms with E-state index in [1.807, 2.05) is 12.1 Å². The smallest absolute Gasteiger partial charge is 0.221 e. The van der Waals surface area contributed by atoms with Crippen molar-refractivity contribution >= 4 is 15.9 Å². The molecule has 22 heavy (non-hydrogen) atoms. The average molecular weight is 329 g/mol. The fraction of sp³-hybridized carbons (Fsp3) is 0.643. The summed E-state index contributed by atoms with van der Waals surface area (Å²) in [7, 11) is -3.25. The predicted octanol–water partition coefficient (Wildman–Crippen LogP) is 0.472. The van der Waals surface area contributed by atoms with E-state index in [0.29, 0.717) is 6.54 Å². The number of nitrogens with zero attached hydrogens (tertiary/aromatic N) is 1. The fourth-order valence-electron chi connectivity index (χ4n) is 2.59.